The minimum Gasteiger partial charge on any atom is -0.488 e. The average Bonchev–Trinajstić information content (AvgIpc) is 3.14. The molecule has 0 atom stereocenters. The Balaban J connectivity index is 1.59. The van der Waals surface area contributed by atoms with Gasteiger partial charge in [-0.15, -0.1) is 0 Å². The number of nitrogens with zero attached hydrogens (tertiary/aromatic N) is 2. The number of carbonyl (C=O) groups is 1. The molecule has 0 radical (unpaired) electrons. The van der Waals surface area contributed by atoms with Crippen LogP contribution in [0.5, 0.6) is 5.75 Å². The van der Waals surface area contributed by atoms with Crippen molar-refractivity contribution in [1.82, 2.24) is 0 Å². The molecule has 160 valence electrons. The number of rotatable bonds is 6. The topological polar surface area (TPSA) is 91.0 Å². The van der Waals surface area contributed by atoms with E-state index < -0.39 is 10.9 Å². The Bertz CT molecular complexity index is 1270. The maximum absolute atomic E-state index is 12.4. The molecule has 3 aromatic carbocycles. The van der Waals surface area contributed by atoms with Crippen LogP contribution in [0.2, 0.25) is 5.02 Å². The van der Waals surface area contributed by atoms with Gasteiger partial charge in [-0.3, -0.25) is 10.1 Å². The van der Waals surface area contributed by atoms with Crippen LogP contribution < -0.4 is 4.74 Å². The SMILES string of the molecule is O=C1OC(c2ccc([N+](=O)[O-])cc2Cl)=N/C1=C\c1ccccc1OCc1ccc(I)cc1. The second-order valence-corrected chi connectivity index (χ2v) is 8.36. The lowest BCUT2D eigenvalue weighted by Crippen LogP contribution is -2.06. The van der Waals surface area contributed by atoms with E-state index in [-0.39, 0.29) is 27.9 Å². The minimum absolute atomic E-state index is 0.0153. The summed E-state index contributed by atoms with van der Waals surface area (Å²) >= 11 is 8.37. The Morgan fingerprint density at radius 3 is 2.59 bits per heavy atom. The molecule has 0 aliphatic carbocycles. The largest absolute Gasteiger partial charge is 0.488 e. The molecule has 3 aromatic rings. The molecule has 4 rings (SSSR count). The fraction of sp³-hybridized carbons (Fsp3) is 0.0435. The fourth-order valence-corrected chi connectivity index (χ4v) is 3.55. The lowest BCUT2D eigenvalue weighted by atomic mass is 10.1. The lowest BCUT2D eigenvalue weighted by molar-refractivity contribution is -0.384. The van der Waals surface area contributed by atoms with Gasteiger partial charge in [0, 0.05) is 21.3 Å². The first-order valence-corrected chi connectivity index (χ1v) is 10.8. The monoisotopic (exact) mass is 560 g/mol. The van der Waals surface area contributed by atoms with Crippen LogP contribution in [0.1, 0.15) is 16.7 Å². The lowest BCUT2D eigenvalue weighted by Gasteiger charge is -2.09. The van der Waals surface area contributed by atoms with E-state index in [2.05, 4.69) is 27.6 Å². The molecule has 1 aliphatic rings. The van der Waals surface area contributed by atoms with Crippen LogP contribution in [0.3, 0.4) is 0 Å². The van der Waals surface area contributed by atoms with Crippen molar-refractivity contribution in [2.24, 2.45) is 4.99 Å². The maximum atomic E-state index is 12.4. The average molecular weight is 561 g/mol. The first-order valence-electron chi connectivity index (χ1n) is 9.34. The molecular formula is C23H14ClIN2O5. The summed E-state index contributed by atoms with van der Waals surface area (Å²) in [5.41, 5.74) is 1.86. The molecule has 0 spiro atoms. The molecule has 32 heavy (non-hydrogen) atoms. The molecule has 0 fully saturated rings. The molecule has 0 aromatic heterocycles. The highest BCUT2D eigenvalue weighted by atomic mass is 127. The van der Waals surface area contributed by atoms with E-state index in [1.165, 1.54) is 18.2 Å². The second kappa shape index (κ2) is 9.49. The summed E-state index contributed by atoms with van der Waals surface area (Å²) in [6.45, 7) is 0.370. The van der Waals surface area contributed by atoms with E-state index in [0.29, 0.717) is 17.9 Å². The molecule has 1 aliphatic heterocycles. The quantitative estimate of drug-likeness (QED) is 0.125. The van der Waals surface area contributed by atoms with Gasteiger partial charge in [-0.05, 0) is 58.5 Å². The van der Waals surface area contributed by atoms with Crippen molar-refractivity contribution in [3.63, 3.8) is 0 Å². The Morgan fingerprint density at radius 2 is 1.88 bits per heavy atom. The number of cyclic esters (lactones) is 1. The highest BCUT2D eigenvalue weighted by Gasteiger charge is 2.26. The van der Waals surface area contributed by atoms with Gasteiger partial charge in [0.2, 0.25) is 5.90 Å². The fourth-order valence-electron chi connectivity index (χ4n) is 2.94. The van der Waals surface area contributed by atoms with Gasteiger partial charge in [-0.25, -0.2) is 9.79 Å². The number of hydrogen-bond donors (Lipinski definition) is 0. The Morgan fingerprint density at radius 1 is 1.12 bits per heavy atom. The number of ether oxygens (including phenoxy) is 2. The zero-order valence-electron chi connectivity index (χ0n) is 16.3. The number of aliphatic imine (C=N–C) groups is 1. The van der Waals surface area contributed by atoms with Crippen molar-refractivity contribution in [3.05, 3.63) is 108 Å². The molecule has 9 heteroatoms. The first kappa shape index (κ1) is 22.0. The van der Waals surface area contributed by atoms with Crippen LogP contribution >= 0.6 is 34.2 Å². The maximum Gasteiger partial charge on any atom is 0.363 e. The minimum atomic E-state index is -0.651. The van der Waals surface area contributed by atoms with Gasteiger partial charge >= 0.3 is 5.97 Å². The van der Waals surface area contributed by atoms with Gasteiger partial charge in [0.05, 0.1) is 15.5 Å². The van der Waals surface area contributed by atoms with E-state index in [0.717, 1.165) is 9.13 Å². The van der Waals surface area contributed by atoms with Crippen LogP contribution in [-0.2, 0) is 16.1 Å². The highest BCUT2D eigenvalue weighted by molar-refractivity contribution is 14.1. The third kappa shape index (κ3) is 4.97. The zero-order chi connectivity index (χ0) is 22.7. The highest BCUT2D eigenvalue weighted by Crippen LogP contribution is 2.29. The van der Waals surface area contributed by atoms with Gasteiger partial charge in [-0.1, -0.05) is 41.9 Å². The van der Waals surface area contributed by atoms with E-state index in [9.17, 15) is 14.9 Å². The number of benzene rings is 3. The number of halogens is 2. The molecular weight excluding hydrogens is 547 g/mol. The molecule has 0 amide bonds. The number of para-hydroxylation sites is 1. The number of carbonyl (C=O) groups excluding carboxylic acids is 1. The van der Waals surface area contributed by atoms with E-state index >= 15 is 0 Å². The third-order valence-electron chi connectivity index (χ3n) is 4.53. The molecule has 1 heterocycles. The number of hydrogen-bond acceptors (Lipinski definition) is 6. The van der Waals surface area contributed by atoms with E-state index in [1.807, 2.05) is 36.4 Å². The van der Waals surface area contributed by atoms with Crippen molar-refractivity contribution in [1.29, 1.82) is 0 Å². The van der Waals surface area contributed by atoms with E-state index in [1.54, 1.807) is 18.2 Å². The number of non-ortho nitro benzene ring substituents is 1. The summed E-state index contributed by atoms with van der Waals surface area (Å²) in [5.74, 6) is -0.0799. The van der Waals surface area contributed by atoms with Crippen LogP contribution in [-0.4, -0.2) is 16.8 Å². The predicted octanol–water partition coefficient (Wildman–Crippen LogP) is 5.78. The van der Waals surface area contributed by atoms with Crippen molar-refractivity contribution in [2.75, 3.05) is 0 Å². The van der Waals surface area contributed by atoms with Crippen molar-refractivity contribution >= 4 is 57.8 Å². The van der Waals surface area contributed by atoms with Crippen molar-refractivity contribution < 1.29 is 19.2 Å². The van der Waals surface area contributed by atoms with Gasteiger partial charge in [0.25, 0.3) is 5.69 Å². The molecule has 0 N–H and O–H groups in total. The number of nitro groups is 1. The second-order valence-electron chi connectivity index (χ2n) is 6.71. The zero-order valence-corrected chi connectivity index (χ0v) is 19.2. The molecule has 0 saturated heterocycles. The van der Waals surface area contributed by atoms with Crippen LogP contribution in [0.15, 0.2) is 77.4 Å². The van der Waals surface area contributed by atoms with E-state index in [4.69, 9.17) is 21.1 Å². The number of esters is 1. The Hall–Kier alpha value is -3.24. The summed E-state index contributed by atoms with van der Waals surface area (Å²) in [6, 6.07) is 19.1. The van der Waals surface area contributed by atoms with Crippen molar-refractivity contribution in [2.45, 2.75) is 6.61 Å². The smallest absolute Gasteiger partial charge is 0.363 e. The van der Waals surface area contributed by atoms with Gasteiger partial charge in [0.15, 0.2) is 5.70 Å². The van der Waals surface area contributed by atoms with Crippen LogP contribution in [0.4, 0.5) is 5.69 Å². The molecule has 0 unspecified atom stereocenters. The summed E-state index contributed by atoms with van der Waals surface area (Å²) < 4.78 is 12.3. The number of nitro benzene ring substituents is 1. The van der Waals surface area contributed by atoms with Crippen LogP contribution in [0.25, 0.3) is 6.08 Å². The van der Waals surface area contributed by atoms with Gasteiger partial charge in [-0.2, -0.15) is 0 Å². The first-order chi connectivity index (χ1) is 15.4. The van der Waals surface area contributed by atoms with Crippen molar-refractivity contribution in [3.8, 4) is 5.75 Å². The normalized spacial score (nSPS) is 14.2. The molecule has 7 nitrogen and oxygen atoms in total. The van der Waals surface area contributed by atoms with Gasteiger partial charge in [0.1, 0.15) is 12.4 Å². The van der Waals surface area contributed by atoms with Crippen LogP contribution in [0, 0.1) is 13.7 Å². The Labute approximate surface area is 201 Å². The molecule has 0 bridgehead atoms. The third-order valence-corrected chi connectivity index (χ3v) is 5.57. The Kier molecular flexibility index (Phi) is 6.52. The predicted molar refractivity (Wildman–Crippen MR) is 129 cm³/mol. The summed E-state index contributed by atoms with van der Waals surface area (Å²) in [6.07, 6.45) is 1.57. The summed E-state index contributed by atoms with van der Waals surface area (Å²) in [5, 5.41) is 11.0. The standard InChI is InChI=1S/C23H14ClIN2O5/c24-19-12-17(27(29)30)9-10-18(19)22-26-20(23(28)32-22)11-15-3-1-2-4-21(15)31-13-14-5-7-16(25)8-6-14/h1-12H,13H2/b20-11-. The molecule has 0 saturated carbocycles. The summed E-state index contributed by atoms with van der Waals surface area (Å²) in [4.78, 5) is 26.9. The summed E-state index contributed by atoms with van der Waals surface area (Å²) in [7, 11) is 0. The van der Waals surface area contributed by atoms with Gasteiger partial charge < -0.3 is 9.47 Å².